The summed E-state index contributed by atoms with van der Waals surface area (Å²) >= 11 is 3.40. The van der Waals surface area contributed by atoms with Gasteiger partial charge in [0.05, 0.1) is 24.2 Å². The standard InChI is InChI=1S/C12H14BrN3O/c1-2-4-16-11(9-3-7-17-12(9)13)10-8-14-5-6-15-10/h3,5-8,11,16H,2,4H2,1H3. The number of hydrogen-bond acceptors (Lipinski definition) is 4. The summed E-state index contributed by atoms with van der Waals surface area (Å²) in [6.07, 6.45) is 7.87. The first-order chi connectivity index (χ1) is 8.33. The summed E-state index contributed by atoms with van der Waals surface area (Å²) in [5.41, 5.74) is 1.93. The number of aromatic nitrogens is 2. The van der Waals surface area contributed by atoms with Crippen molar-refractivity contribution in [1.29, 1.82) is 0 Å². The summed E-state index contributed by atoms with van der Waals surface area (Å²) in [4.78, 5) is 8.45. The van der Waals surface area contributed by atoms with Gasteiger partial charge in [0.2, 0.25) is 0 Å². The lowest BCUT2D eigenvalue weighted by atomic mass is 10.1. The maximum Gasteiger partial charge on any atom is 0.174 e. The molecule has 2 aromatic rings. The van der Waals surface area contributed by atoms with E-state index in [9.17, 15) is 0 Å². The fourth-order valence-corrected chi connectivity index (χ4v) is 2.10. The minimum absolute atomic E-state index is 0.0109. The van der Waals surface area contributed by atoms with Crippen LogP contribution in [0.3, 0.4) is 0 Å². The number of rotatable bonds is 5. The third kappa shape index (κ3) is 2.92. The van der Waals surface area contributed by atoms with Crippen LogP contribution in [-0.4, -0.2) is 16.5 Å². The van der Waals surface area contributed by atoms with Crippen LogP contribution in [0, 0.1) is 0 Å². The SMILES string of the molecule is CCCNC(c1cnccn1)c1ccoc1Br. The van der Waals surface area contributed by atoms with Crippen LogP contribution in [0.25, 0.3) is 0 Å². The van der Waals surface area contributed by atoms with Gasteiger partial charge in [-0.15, -0.1) is 0 Å². The molecule has 17 heavy (non-hydrogen) atoms. The van der Waals surface area contributed by atoms with E-state index in [-0.39, 0.29) is 6.04 Å². The van der Waals surface area contributed by atoms with Crippen LogP contribution in [0.15, 0.2) is 40.0 Å². The van der Waals surface area contributed by atoms with Gasteiger partial charge in [-0.25, -0.2) is 0 Å². The first-order valence-corrected chi connectivity index (χ1v) is 6.34. The number of nitrogens with zero attached hydrogens (tertiary/aromatic N) is 2. The summed E-state index contributed by atoms with van der Waals surface area (Å²) < 4.78 is 6.01. The second-order valence-corrected chi connectivity index (χ2v) is 4.39. The Hall–Kier alpha value is -1.20. The molecule has 4 nitrogen and oxygen atoms in total. The molecule has 0 spiro atoms. The van der Waals surface area contributed by atoms with Gasteiger partial charge in [-0.2, -0.15) is 0 Å². The Kier molecular flexibility index (Phi) is 4.28. The Morgan fingerprint density at radius 3 is 2.94 bits per heavy atom. The Morgan fingerprint density at radius 2 is 2.35 bits per heavy atom. The van der Waals surface area contributed by atoms with Crippen LogP contribution < -0.4 is 5.32 Å². The molecular weight excluding hydrogens is 282 g/mol. The van der Waals surface area contributed by atoms with Gasteiger partial charge >= 0.3 is 0 Å². The zero-order valence-electron chi connectivity index (χ0n) is 9.56. The average molecular weight is 296 g/mol. The summed E-state index contributed by atoms with van der Waals surface area (Å²) in [6, 6.07) is 1.95. The van der Waals surface area contributed by atoms with Crippen molar-refractivity contribution in [3.8, 4) is 0 Å². The van der Waals surface area contributed by atoms with E-state index < -0.39 is 0 Å². The van der Waals surface area contributed by atoms with Gasteiger partial charge in [0.1, 0.15) is 0 Å². The topological polar surface area (TPSA) is 51.0 Å². The van der Waals surface area contributed by atoms with E-state index in [1.165, 1.54) is 0 Å². The predicted octanol–water partition coefficient (Wildman–Crippen LogP) is 2.92. The third-order valence-electron chi connectivity index (χ3n) is 2.43. The summed E-state index contributed by atoms with van der Waals surface area (Å²) in [6.45, 7) is 3.05. The molecule has 2 heterocycles. The molecule has 0 aromatic carbocycles. The fourth-order valence-electron chi connectivity index (χ4n) is 1.63. The molecule has 0 bridgehead atoms. The molecule has 0 aliphatic carbocycles. The summed E-state index contributed by atoms with van der Waals surface area (Å²) in [5.74, 6) is 0. The average Bonchev–Trinajstić information content (AvgIpc) is 2.78. The minimum atomic E-state index is 0.0109. The summed E-state index contributed by atoms with van der Waals surface area (Å²) in [5, 5.41) is 3.44. The quantitative estimate of drug-likeness (QED) is 0.921. The fraction of sp³-hybridized carbons (Fsp3) is 0.333. The molecule has 2 rings (SSSR count). The molecule has 2 aromatic heterocycles. The van der Waals surface area contributed by atoms with Crippen molar-refractivity contribution in [2.24, 2.45) is 0 Å². The van der Waals surface area contributed by atoms with Gasteiger partial charge in [0, 0.05) is 18.0 Å². The summed E-state index contributed by atoms with van der Waals surface area (Å²) in [7, 11) is 0. The molecule has 0 fully saturated rings. The van der Waals surface area contributed by atoms with E-state index in [0.717, 1.165) is 28.9 Å². The van der Waals surface area contributed by atoms with Crippen LogP contribution in [0.4, 0.5) is 0 Å². The largest absolute Gasteiger partial charge is 0.457 e. The normalized spacial score (nSPS) is 12.6. The molecule has 0 saturated heterocycles. The van der Waals surface area contributed by atoms with Crippen molar-refractivity contribution < 1.29 is 4.42 Å². The molecule has 0 aliphatic rings. The first kappa shape index (κ1) is 12.3. The van der Waals surface area contributed by atoms with E-state index >= 15 is 0 Å². The minimum Gasteiger partial charge on any atom is -0.457 e. The third-order valence-corrected chi connectivity index (χ3v) is 3.08. The van der Waals surface area contributed by atoms with Crippen LogP contribution in [0.5, 0.6) is 0 Å². The van der Waals surface area contributed by atoms with Crippen molar-refractivity contribution in [2.75, 3.05) is 6.54 Å². The smallest absolute Gasteiger partial charge is 0.174 e. The molecule has 1 atom stereocenters. The zero-order chi connectivity index (χ0) is 12.1. The molecule has 0 saturated carbocycles. The number of furan rings is 1. The molecule has 1 N–H and O–H groups in total. The highest BCUT2D eigenvalue weighted by Crippen LogP contribution is 2.28. The van der Waals surface area contributed by atoms with Gasteiger partial charge in [-0.3, -0.25) is 9.97 Å². The van der Waals surface area contributed by atoms with Crippen LogP contribution in [-0.2, 0) is 0 Å². The second-order valence-electron chi connectivity index (χ2n) is 3.67. The Balaban J connectivity index is 2.29. The molecule has 1 unspecified atom stereocenters. The molecule has 5 heteroatoms. The van der Waals surface area contributed by atoms with Crippen molar-refractivity contribution in [3.05, 3.63) is 46.8 Å². The lowest BCUT2D eigenvalue weighted by molar-refractivity contribution is 0.520. The Morgan fingerprint density at radius 1 is 1.47 bits per heavy atom. The highest BCUT2D eigenvalue weighted by molar-refractivity contribution is 9.10. The monoisotopic (exact) mass is 295 g/mol. The maximum absolute atomic E-state index is 5.28. The van der Waals surface area contributed by atoms with Crippen molar-refractivity contribution in [1.82, 2.24) is 15.3 Å². The molecule has 0 amide bonds. The molecular formula is C12H14BrN3O. The number of hydrogen-bond donors (Lipinski definition) is 1. The number of halogens is 1. The van der Waals surface area contributed by atoms with E-state index in [0.29, 0.717) is 0 Å². The van der Waals surface area contributed by atoms with Gasteiger partial charge in [-0.05, 0) is 35.0 Å². The van der Waals surface area contributed by atoms with Crippen molar-refractivity contribution in [3.63, 3.8) is 0 Å². The lowest BCUT2D eigenvalue weighted by Gasteiger charge is -2.16. The first-order valence-electron chi connectivity index (χ1n) is 5.55. The lowest BCUT2D eigenvalue weighted by Crippen LogP contribution is -2.24. The Bertz CT molecular complexity index is 458. The van der Waals surface area contributed by atoms with Crippen LogP contribution >= 0.6 is 15.9 Å². The Labute approximate surface area is 109 Å². The maximum atomic E-state index is 5.28. The van der Waals surface area contributed by atoms with Crippen molar-refractivity contribution >= 4 is 15.9 Å². The highest BCUT2D eigenvalue weighted by Gasteiger charge is 2.19. The highest BCUT2D eigenvalue weighted by atomic mass is 79.9. The van der Waals surface area contributed by atoms with Gasteiger partial charge in [0.15, 0.2) is 4.67 Å². The van der Waals surface area contributed by atoms with Crippen molar-refractivity contribution in [2.45, 2.75) is 19.4 Å². The number of nitrogens with one attached hydrogen (secondary N) is 1. The van der Waals surface area contributed by atoms with E-state index in [2.05, 4.69) is 38.1 Å². The van der Waals surface area contributed by atoms with E-state index in [4.69, 9.17) is 4.42 Å². The molecule has 90 valence electrons. The van der Waals surface area contributed by atoms with Gasteiger partial charge < -0.3 is 9.73 Å². The second kappa shape index (κ2) is 5.93. The molecule has 0 radical (unpaired) electrons. The van der Waals surface area contributed by atoms with Crippen LogP contribution in [0.1, 0.15) is 30.6 Å². The molecule has 0 aliphatic heterocycles. The van der Waals surface area contributed by atoms with E-state index in [1.54, 1.807) is 24.9 Å². The zero-order valence-corrected chi connectivity index (χ0v) is 11.1. The van der Waals surface area contributed by atoms with Gasteiger partial charge in [-0.1, -0.05) is 6.92 Å². The van der Waals surface area contributed by atoms with Crippen LogP contribution in [0.2, 0.25) is 0 Å². The van der Waals surface area contributed by atoms with Gasteiger partial charge in [0.25, 0.3) is 0 Å². The van der Waals surface area contributed by atoms with E-state index in [1.807, 2.05) is 6.07 Å². The predicted molar refractivity (Wildman–Crippen MR) is 68.6 cm³/mol.